The molecule has 0 unspecified atom stereocenters. The quantitative estimate of drug-likeness (QED) is 0.621. The molecule has 0 spiro atoms. The van der Waals surface area contributed by atoms with Crippen molar-refractivity contribution in [3.8, 4) is 0 Å². The van der Waals surface area contributed by atoms with Crippen molar-refractivity contribution in [2.75, 3.05) is 5.44 Å². The van der Waals surface area contributed by atoms with E-state index in [9.17, 15) is 0 Å². The monoisotopic (exact) mass is 192 g/mol. The van der Waals surface area contributed by atoms with Crippen LogP contribution in [0, 0.1) is 0 Å². The Hall–Kier alpha value is 0.503. The fourth-order valence-electron chi connectivity index (χ4n) is 0.417. The molecule has 0 aliphatic rings. The number of hydrogen-bond acceptors (Lipinski definition) is 1. The van der Waals surface area contributed by atoms with E-state index in [1.54, 1.807) is 0 Å². The summed E-state index contributed by atoms with van der Waals surface area (Å²) in [6, 6.07) is 0. The molecule has 0 bridgehead atoms. The first kappa shape index (κ1) is 9.50. The molecule has 9 heavy (non-hydrogen) atoms. The van der Waals surface area contributed by atoms with Crippen LogP contribution in [0.3, 0.4) is 0 Å². The van der Waals surface area contributed by atoms with Crippen LogP contribution in [0.5, 0.6) is 0 Å². The fraction of sp³-hybridized carbons (Fsp3) is 1.00. The van der Waals surface area contributed by atoms with Gasteiger partial charge in [-0.25, -0.2) is 0 Å². The van der Waals surface area contributed by atoms with E-state index in [0.29, 0.717) is 6.10 Å². The maximum absolute atomic E-state index is 5.49. The standard InChI is InChI=1S/C7H18GeO/c1-7(2)9-6-8(3,4)5/h7H,6H2,1-5H3. The van der Waals surface area contributed by atoms with Crippen LogP contribution in [0.4, 0.5) is 0 Å². The number of rotatable bonds is 3. The third kappa shape index (κ3) is 8.50. The third-order valence-electron chi connectivity index (χ3n) is 0.850. The zero-order chi connectivity index (χ0) is 7.49. The van der Waals surface area contributed by atoms with Crippen molar-refractivity contribution in [1.29, 1.82) is 0 Å². The minimum absolute atomic E-state index is 0.412. The van der Waals surface area contributed by atoms with Crippen molar-refractivity contribution in [3.05, 3.63) is 0 Å². The van der Waals surface area contributed by atoms with Gasteiger partial charge in [0.05, 0.1) is 0 Å². The molecule has 0 amide bonds. The van der Waals surface area contributed by atoms with Crippen LogP contribution in [0.2, 0.25) is 17.3 Å². The Morgan fingerprint density at radius 1 is 1.22 bits per heavy atom. The summed E-state index contributed by atoms with van der Waals surface area (Å²) in [5.74, 6) is 7.09. The van der Waals surface area contributed by atoms with Gasteiger partial charge in [0.15, 0.2) is 0 Å². The van der Waals surface area contributed by atoms with Gasteiger partial charge in [-0.15, -0.1) is 0 Å². The minimum atomic E-state index is -1.38. The van der Waals surface area contributed by atoms with Crippen LogP contribution in [-0.4, -0.2) is 24.8 Å². The van der Waals surface area contributed by atoms with E-state index in [2.05, 4.69) is 31.1 Å². The van der Waals surface area contributed by atoms with E-state index in [1.807, 2.05) is 0 Å². The fourth-order valence-corrected chi connectivity index (χ4v) is 2.17. The van der Waals surface area contributed by atoms with Gasteiger partial charge in [0.2, 0.25) is 0 Å². The Morgan fingerprint density at radius 3 is 1.78 bits per heavy atom. The van der Waals surface area contributed by atoms with Crippen LogP contribution in [0.1, 0.15) is 13.8 Å². The Morgan fingerprint density at radius 2 is 1.67 bits per heavy atom. The van der Waals surface area contributed by atoms with Gasteiger partial charge in [-0.3, -0.25) is 0 Å². The predicted octanol–water partition coefficient (Wildman–Crippen LogP) is 2.29. The van der Waals surface area contributed by atoms with Crippen LogP contribution in [0.25, 0.3) is 0 Å². The van der Waals surface area contributed by atoms with Crippen molar-refractivity contribution in [2.24, 2.45) is 0 Å². The molecule has 0 heterocycles. The van der Waals surface area contributed by atoms with Crippen LogP contribution >= 0.6 is 0 Å². The summed E-state index contributed by atoms with van der Waals surface area (Å²) in [7, 11) is 0. The zero-order valence-corrected chi connectivity index (χ0v) is 9.29. The number of ether oxygens (including phenoxy) is 1. The van der Waals surface area contributed by atoms with E-state index >= 15 is 0 Å². The summed E-state index contributed by atoms with van der Waals surface area (Å²) in [6.45, 7) is 4.18. The molecule has 0 rings (SSSR count). The summed E-state index contributed by atoms with van der Waals surface area (Å²) in [5, 5.41) is 0. The Balaban J connectivity index is 3.28. The Labute approximate surface area is 61.1 Å². The normalized spacial score (nSPS) is 12.7. The van der Waals surface area contributed by atoms with Gasteiger partial charge in [0.25, 0.3) is 0 Å². The van der Waals surface area contributed by atoms with Gasteiger partial charge in [0.1, 0.15) is 0 Å². The molecule has 56 valence electrons. The molecule has 0 aliphatic heterocycles. The molecule has 1 nitrogen and oxygen atoms in total. The van der Waals surface area contributed by atoms with E-state index in [4.69, 9.17) is 4.74 Å². The van der Waals surface area contributed by atoms with Crippen molar-refractivity contribution < 1.29 is 4.74 Å². The average Bonchev–Trinajstić information content (AvgIpc) is 1.59. The van der Waals surface area contributed by atoms with Gasteiger partial charge in [-0.1, -0.05) is 0 Å². The first-order valence-corrected chi connectivity index (χ1v) is 11.3. The Kier molecular flexibility index (Phi) is 3.82. The summed E-state index contributed by atoms with van der Waals surface area (Å²) in [6.07, 6.45) is 0.412. The molecular formula is C7H18GeO. The summed E-state index contributed by atoms with van der Waals surface area (Å²) < 4.78 is 5.49. The predicted molar refractivity (Wildman–Crippen MR) is 44.4 cm³/mol. The van der Waals surface area contributed by atoms with Crippen LogP contribution < -0.4 is 0 Å². The van der Waals surface area contributed by atoms with E-state index in [1.165, 1.54) is 0 Å². The second-order valence-electron chi connectivity index (χ2n) is 3.92. The third-order valence-corrected chi connectivity index (χ3v) is 3.02. The number of hydrogen-bond donors (Lipinski definition) is 0. The molecule has 0 radical (unpaired) electrons. The van der Waals surface area contributed by atoms with E-state index < -0.39 is 13.3 Å². The molecule has 0 aliphatic carbocycles. The van der Waals surface area contributed by atoms with Crippen LogP contribution in [-0.2, 0) is 4.74 Å². The maximum atomic E-state index is 5.49. The van der Waals surface area contributed by atoms with Gasteiger partial charge < -0.3 is 0 Å². The Bertz CT molecular complexity index is 73.5. The molecule has 2 heteroatoms. The SMILES string of the molecule is CC(C)O[CH2][Ge]([CH3])([CH3])[CH3]. The molecule has 0 N–H and O–H groups in total. The van der Waals surface area contributed by atoms with Gasteiger partial charge in [-0.2, -0.15) is 0 Å². The molecule has 0 aromatic rings. The molecule has 0 saturated heterocycles. The second kappa shape index (κ2) is 3.62. The molecule has 0 atom stereocenters. The summed E-state index contributed by atoms with van der Waals surface area (Å²) >= 11 is -1.38. The first-order valence-electron chi connectivity index (χ1n) is 3.53. The topological polar surface area (TPSA) is 9.23 Å². The van der Waals surface area contributed by atoms with Gasteiger partial charge >= 0.3 is 60.7 Å². The molecule has 0 aromatic heterocycles. The van der Waals surface area contributed by atoms with Crippen molar-refractivity contribution in [1.82, 2.24) is 0 Å². The summed E-state index contributed by atoms with van der Waals surface area (Å²) in [5.41, 5.74) is 1.04. The average molecular weight is 191 g/mol. The first-order chi connectivity index (χ1) is 3.92. The van der Waals surface area contributed by atoms with Crippen LogP contribution in [0.15, 0.2) is 0 Å². The second-order valence-corrected chi connectivity index (χ2v) is 15.3. The van der Waals surface area contributed by atoms with Crippen molar-refractivity contribution >= 4 is 13.3 Å². The summed E-state index contributed by atoms with van der Waals surface area (Å²) in [4.78, 5) is 0. The molecule has 0 fully saturated rings. The molecule has 0 saturated carbocycles. The van der Waals surface area contributed by atoms with Crippen molar-refractivity contribution in [2.45, 2.75) is 37.2 Å². The van der Waals surface area contributed by atoms with Gasteiger partial charge in [0, 0.05) is 0 Å². The molecule has 0 aromatic carbocycles. The zero-order valence-electron chi connectivity index (χ0n) is 7.19. The van der Waals surface area contributed by atoms with E-state index in [0.717, 1.165) is 5.44 Å². The molecular weight excluding hydrogens is 173 g/mol. The van der Waals surface area contributed by atoms with Crippen molar-refractivity contribution in [3.63, 3.8) is 0 Å². The van der Waals surface area contributed by atoms with Gasteiger partial charge in [-0.05, 0) is 0 Å². The van der Waals surface area contributed by atoms with E-state index in [-0.39, 0.29) is 0 Å².